The maximum atomic E-state index is 14.5. The highest BCUT2D eigenvalue weighted by atomic mass is 19.1. The SMILES string of the molecule is NC(=O)c1ncc(-c2ccccc2F)c2c1[nH]c1cc(NC(=O)c3ccncn3)ccc12. The van der Waals surface area contributed by atoms with E-state index in [1.807, 2.05) is 0 Å². The number of nitrogens with two attached hydrogens (primary N) is 1. The zero-order chi connectivity index (χ0) is 22.2. The fourth-order valence-corrected chi connectivity index (χ4v) is 3.68. The predicted molar refractivity (Wildman–Crippen MR) is 117 cm³/mol. The Bertz CT molecular complexity index is 1510. The van der Waals surface area contributed by atoms with Gasteiger partial charge in [-0.05, 0) is 24.3 Å². The molecule has 0 saturated heterocycles. The van der Waals surface area contributed by atoms with E-state index in [1.54, 1.807) is 36.4 Å². The summed E-state index contributed by atoms with van der Waals surface area (Å²) in [4.78, 5) is 39.4. The van der Waals surface area contributed by atoms with Crippen molar-refractivity contribution in [3.05, 3.63) is 84.5 Å². The summed E-state index contributed by atoms with van der Waals surface area (Å²) in [6, 6.07) is 13.0. The number of primary amides is 1. The van der Waals surface area contributed by atoms with E-state index in [0.29, 0.717) is 33.2 Å². The first-order chi connectivity index (χ1) is 15.5. The molecule has 156 valence electrons. The lowest BCUT2D eigenvalue weighted by atomic mass is 10.00. The number of benzene rings is 2. The summed E-state index contributed by atoms with van der Waals surface area (Å²) in [5, 5.41) is 4.11. The Morgan fingerprint density at radius 1 is 1.03 bits per heavy atom. The van der Waals surface area contributed by atoms with Gasteiger partial charge in [0.1, 0.15) is 17.8 Å². The highest BCUT2D eigenvalue weighted by Crippen LogP contribution is 2.37. The van der Waals surface area contributed by atoms with Crippen molar-refractivity contribution >= 4 is 39.3 Å². The Balaban J connectivity index is 1.68. The lowest BCUT2D eigenvalue weighted by Gasteiger charge is -2.08. The molecule has 0 bridgehead atoms. The molecule has 0 saturated carbocycles. The van der Waals surface area contributed by atoms with Gasteiger partial charge in [-0.1, -0.05) is 24.3 Å². The van der Waals surface area contributed by atoms with Crippen LogP contribution >= 0.6 is 0 Å². The average Bonchev–Trinajstić information content (AvgIpc) is 3.18. The van der Waals surface area contributed by atoms with Crippen molar-refractivity contribution in [1.29, 1.82) is 0 Å². The summed E-state index contributed by atoms with van der Waals surface area (Å²) in [5.74, 6) is -1.51. The van der Waals surface area contributed by atoms with Crippen molar-refractivity contribution in [2.75, 3.05) is 5.32 Å². The van der Waals surface area contributed by atoms with Crippen LogP contribution in [0.3, 0.4) is 0 Å². The van der Waals surface area contributed by atoms with Crippen LogP contribution in [0.5, 0.6) is 0 Å². The Morgan fingerprint density at radius 2 is 1.88 bits per heavy atom. The van der Waals surface area contributed by atoms with Crippen molar-refractivity contribution in [3.8, 4) is 11.1 Å². The molecule has 0 aliphatic rings. The maximum absolute atomic E-state index is 14.5. The molecule has 0 aliphatic heterocycles. The molecule has 5 rings (SSSR count). The van der Waals surface area contributed by atoms with Gasteiger partial charge in [0.2, 0.25) is 0 Å². The molecular weight excluding hydrogens is 411 g/mol. The van der Waals surface area contributed by atoms with Crippen LogP contribution in [0, 0.1) is 5.82 Å². The Hall–Kier alpha value is -4.66. The molecule has 32 heavy (non-hydrogen) atoms. The summed E-state index contributed by atoms with van der Waals surface area (Å²) in [6.07, 6.45) is 4.21. The number of hydrogen-bond acceptors (Lipinski definition) is 5. The second-order valence-electron chi connectivity index (χ2n) is 7.05. The molecule has 4 N–H and O–H groups in total. The molecule has 0 atom stereocenters. The van der Waals surface area contributed by atoms with Gasteiger partial charge in [0.25, 0.3) is 11.8 Å². The molecule has 9 heteroatoms. The number of aromatic nitrogens is 4. The Labute approximate surface area is 180 Å². The average molecular weight is 426 g/mol. The number of carbonyl (C=O) groups excluding carboxylic acids is 2. The van der Waals surface area contributed by atoms with Gasteiger partial charge >= 0.3 is 0 Å². The first kappa shape index (κ1) is 19.3. The van der Waals surface area contributed by atoms with E-state index >= 15 is 0 Å². The summed E-state index contributed by atoms with van der Waals surface area (Å²) in [6.45, 7) is 0. The maximum Gasteiger partial charge on any atom is 0.274 e. The molecule has 3 heterocycles. The van der Waals surface area contributed by atoms with Crippen LogP contribution in [0.15, 0.2) is 67.3 Å². The van der Waals surface area contributed by atoms with E-state index < -0.39 is 17.6 Å². The number of anilines is 1. The molecule has 5 aromatic rings. The number of carbonyl (C=O) groups is 2. The Morgan fingerprint density at radius 3 is 2.62 bits per heavy atom. The number of fused-ring (bicyclic) bond motifs is 3. The molecule has 2 aromatic carbocycles. The van der Waals surface area contributed by atoms with E-state index in [9.17, 15) is 14.0 Å². The number of pyridine rings is 1. The standard InChI is InChI=1S/C23H15FN6O2/c24-16-4-2-1-3-13(16)15-10-27-21(22(25)31)20-19(15)14-6-5-12(9-18(14)30-20)29-23(32)17-7-8-26-11-28-17/h1-11,30H,(H2,25,31)(H,29,32). The van der Waals surface area contributed by atoms with Gasteiger partial charge in [0.05, 0.1) is 5.52 Å². The van der Waals surface area contributed by atoms with E-state index in [-0.39, 0.29) is 11.4 Å². The zero-order valence-electron chi connectivity index (χ0n) is 16.5. The van der Waals surface area contributed by atoms with Gasteiger partial charge in [0, 0.05) is 45.5 Å². The lowest BCUT2D eigenvalue weighted by molar-refractivity contribution is 0.0994. The molecule has 0 spiro atoms. The van der Waals surface area contributed by atoms with Gasteiger partial charge in [0.15, 0.2) is 5.69 Å². The molecule has 0 aliphatic carbocycles. The van der Waals surface area contributed by atoms with E-state index in [1.165, 1.54) is 30.9 Å². The number of H-pyrrole nitrogens is 1. The molecule has 3 aromatic heterocycles. The van der Waals surface area contributed by atoms with Crippen LogP contribution < -0.4 is 11.1 Å². The van der Waals surface area contributed by atoms with Gasteiger partial charge in [-0.15, -0.1) is 0 Å². The lowest BCUT2D eigenvalue weighted by Crippen LogP contribution is -2.13. The highest BCUT2D eigenvalue weighted by Gasteiger charge is 2.19. The number of aromatic amines is 1. The molecule has 0 fully saturated rings. The summed E-state index contributed by atoms with van der Waals surface area (Å²) >= 11 is 0. The quantitative estimate of drug-likeness (QED) is 0.404. The number of nitrogens with one attached hydrogen (secondary N) is 2. The largest absolute Gasteiger partial charge is 0.364 e. The van der Waals surface area contributed by atoms with Gasteiger partial charge in [-0.25, -0.2) is 19.3 Å². The van der Waals surface area contributed by atoms with Crippen molar-refractivity contribution in [1.82, 2.24) is 19.9 Å². The van der Waals surface area contributed by atoms with Crippen molar-refractivity contribution in [2.24, 2.45) is 5.73 Å². The van der Waals surface area contributed by atoms with Crippen LogP contribution in [0.4, 0.5) is 10.1 Å². The minimum absolute atomic E-state index is 0.0443. The van der Waals surface area contributed by atoms with Gasteiger partial charge in [-0.3, -0.25) is 9.59 Å². The van der Waals surface area contributed by atoms with Crippen molar-refractivity contribution in [3.63, 3.8) is 0 Å². The van der Waals surface area contributed by atoms with E-state index in [0.717, 1.165) is 5.39 Å². The topological polar surface area (TPSA) is 127 Å². The zero-order valence-corrected chi connectivity index (χ0v) is 16.5. The number of rotatable bonds is 4. The highest BCUT2D eigenvalue weighted by molar-refractivity contribution is 6.19. The summed E-state index contributed by atoms with van der Waals surface area (Å²) in [7, 11) is 0. The molecular formula is C23H15FN6O2. The first-order valence-electron chi connectivity index (χ1n) is 9.59. The minimum Gasteiger partial charge on any atom is -0.364 e. The van der Waals surface area contributed by atoms with Crippen molar-refractivity contribution in [2.45, 2.75) is 0 Å². The fourth-order valence-electron chi connectivity index (χ4n) is 3.68. The number of nitrogens with zero attached hydrogens (tertiary/aromatic N) is 3. The fraction of sp³-hybridized carbons (Fsp3) is 0. The number of halogens is 1. The normalized spacial score (nSPS) is 11.0. The van der Waals surface area contributed by atoms with E-state index in [4.69, 9.17) is 5.73 Å². The molecule has 0 unspecified atom stereocenters. The molecule has 2 amide bonds. The number of amides is 2. The Kier molecular flexibility index (Phi) is 4.55. The number of hydrogen-bond donors (Lipinski definition) is 3. The minimum atomic E-state index is -0.709. The van der Waals surface area contributed by atoms with Crippen LogP contribution in [-0.2, 0) is 0 Å². The smallest absolute Gasteiger partial charge is 0.274 e. The first-order valence-corrected chi connectivity index (χ1v) is 9.59. The summed E-state index contributed by atoms with van der Waals surface area (Å²) in [5.41, 5.74) is 8.17. The third-order valence-corrected chi connectivity index (χ3v) is 5.10. The van der Waals surface area contributed by atoms with Gasteiger partial charge in [-0.2, -0.15) is 0 Å². The monoisotopic (exact) mass is 426 g/mol. The van der Waals surface area contributed by atoms with Gasteiger partial charge < -0.3 is 16.0 Å². The van der Waals surface area contributed by atoms with E-state index in [2.05, 4.69) is 25.3 Å². The molecule has 8 nitrogen and oxygen atoms in total. The second-order valence-corrected chi connectivity index (χ2v) is 7.05. The predicted octanol–water partition coefficient (Wildman–Crippen LogP) is 3.66. The van der Waals surface area contributed by atoms with Crippen LogP contribution in [0.2, 0.25) is 0 Å². The van der Waals surface area contributed by atoms with Crippen LogP contribution in [-0.4, -0.2) is 31.8 Å². The second kappa shape index (κ2) is 7.55. The van der Waals surface area contributed by atoms with Crippen LogP contribution in [0.1, 0.15) is 21.0 Å². The third kappa shape index (κ3) is 3.21. The third-order valence-electron chi connectivity index (χ3n) is 5.10. The van der Waals surface area contributed by atoms with Crippen LogP contribution in [0.25, 0.3) is 32.9 Å². The molecule has 0 radical (unpaired) electrons. The summed E-state index contributed by atoms with van der Waals surface area (Å²) < 4.78 is 14.5. The van der Waals surface area contributed by atoms with Crippen molar-refractivity contribution < 1.29 is 14.0 Å².